The van der Waals surface area contributed by atoms with Crippen LogP contribution in [0, 0.1) is 12.7 Å². The zero-order valence-corrected chi connectivity index (χ0v) is 21.1. The number of unbranched alkanes of at least 4 members (excludes halogenated alkanes) is 1. The lowest BCUT2D eigenvalue weighted by Gasteiger charge is -2.44. The van der Waals surface area contributed by atoms with Crippen LogP contribution in [0.2, 0.25) is 0 Å². The number of aryl methyl sites for hydroxylation is 1. The van der Waals surface area contributed by atoms with Crippen molar-refractivity contribution in [1.29, 1.82) is 0 Å². The summed E-state index contributed by atoms with van der Waals surface area (Å²) >= 11 is 0. The highest BCUT2D eigenvalue weighted by molar-refractivity contribution is 5.54. The molecule has 5 heteroatoms. The minimum atomic E-state index is -0.566. The number of hydrogen-bond acceptors (Lipinski definition) is 4. The molecular weight excluding hydrogens is 441 g/mol. The van der Waals surface area contributed by atoms with Crippen molar-refractivity contribution in [2.45, 2.75) is 71.5 Å². The zero-order chi connectivity index (χ0) is 24.8. The summed E-state index contributed by atoms with van der Waals surface area (Å²) in [6, 6.07) is 21.0. The first kappa shape index (κ1) is 25.2. The Morgan fingerprint density at radius 3 is 2.60 bits per heavy atom. The van der Waals surface area contributed by atoms with E-state index in [9.17, 15) is 4.39 Å². The predicted molar refractivity (Wildman–Crippen MR) is 138 cm³/mol. The van der Waals surface area contributed by atoms with Crippen LogP contribution in [0.5, 0.6) is 5.75 Å². The third kappa shape index (κ3) is 6.22. The number of hydrogen-bond donors (Lipinski definition) is 1. The van der Waals surface area contributed by atoms with Gasteiger partial charge in [0.15, 0.2) is 0 Å². The second kappa shape index (κ2) is 11.2. The Kier molecular flexibility index (Phi) is 8.09. The number of ether oxygens (including phenoxy) is 3. The van der Waals surface area contributed by atoms with Crippen molar-refractivity contribution in [1.82, 2.24) is 0 Å². The van der Waals surface area contributed by atoms with Crippen LogP contribution in [0.4, 0.5) is 10.1 Å². The van der Waals surface area contributed by atoms with Crippen LogP contribution in [0.15, 0.2) is 66.7 Å². The summed E-state index contributed by atoms with van der Waals surface area (Å²) in [7, 11) is 0. The van der Waals surface area contributed by atoms with Crippen molar-refractivity contribution in [3.05, 3.63) is 94.8 Å². The summed E-state index contributed by atoms with van der Waals surface area (Å²) in [5.41, 5.74) is 4.58. The van der Waals surface area contributed by atoms with Crippen LogP contribution in [0.3, 0.4) is 0 Å². The third-order valence-electron chi connectivity index (χ3n) is 6.51. The molecule has 0 aromatic heterocycles. The molecular formula is C30H36FNO3. The summed E-state index contributed by atoms with van der Waals surface area (Å²) in [4.78, 5) is 0. The molecule has 186 valence electrons. The Bertz CT molecular complexity index is 1130. The second-order valence-electron chi connectivity index (χ2n) is 9.74. The molecule has 0 spiro atoms. The standard InChI is InChI=1S/C30H36FNO3/c1-5-6-16-33-28-26-18-25(32-19-22-11-9-13-24(31)17-22)14-15-27(26)35-30(3,4)29(28)34-20-23-12-8-7-10-21(23)2/h7-15,17-18,28-29,32H,5-6,16,19-20H2,1-4H3. The quantitative estimate of drug-likeness (QED) is 0.310. The van der Waals surface area contributed by atoms with Gasteiger partial charge in [0, 0.05) is 24.4 Å². The molecule has 0 saturated heterocycles. The van der Waals surface area contributed by atoms with Gasteiger partial charge in [-0.1, -0.05) is 49.7 Å². The van der Waals surface area contributed by atoms with Gasteiger partial charge >= 0.3 is 0 Å². The van der Waals surface area contributed by atoms with Gasteiger partial charge in [0.25, 0.3) is 0 Å². The average Bonchev–Trinajstić information content (AvgIpc) is 2.83. The highest BCUT2D eigenvalue weighted by Gasteiger charge is 2.45. The molecule has 4 rings (SSSR count). The maximum Gasteiger partial charge on any atom is 0.132 e. The van der Waals surface area contributed by atoms with Gasteiger partial charge < -0.3 is 19.5 Å². The SMILES string of the molecule is CCCCOC1c2cc(NCc3cccc(F)c3)ccc2OC(C)(C)C1OCc1ccccc1C. The predicted octanol–water partition coefficient (Wildman–Crippen LogP) is 7.36. The lowest BCUT2D eigenvalue weighted by Crippen LogP contribution is -2.51. The van der Waals surface area contributed by atoms with Gasteiger partial charge in [0.1, 0.15) is 29.4 Å². The van der Waals surface area contributed by atoms with E-state index in [1.807, 2.05) is 30.3 Å². The maximum absolute atomic E-state index is 13.6. The Morgan fingerprint density at radius 1 is 1.00 bits per heavy atom. The monoisotopic (exact) mass is 477 g/mol. The number of benzene rings is 3. The van der Waals surface area contributed by atoms with Crippen LogP contribution in [0.1, 0.15) is 62.0 Å². The van der Waals surface area contributed by atoms with E-state index in [1.54, 1.807) is 12.1 Å². The van der Waals surface area contributed by atoms with Crippen LogP contribution < -0.4 is 10.1 Å². The Morgan fingerprint density at radius 2 is 1.83 bits per heavy atom. The molecule has 3 aromatic carbocycles. The molecule has 2 atom stereocenters. The Labute approximate surface area is 208 Å². The maximum atomic E-state index is 13.6. The highest BCUT2D eigenvalue weighted by Crippen LogP contribution is 2.44. The van der Waals surface area contributed by atoms with Gasteiger partial charge in [-0.15, -0.1) is 0 Å². The molecule has 1 N–H and O–H groups in total. The summed E-state index contributed by atoms with van der Waals surface area (Å²) in [6.45, 7) is 10.0. The number of halogens is 1. The van der Waals surface area contributed by atoms with Crippen molar-refractivity contribution in [3.8, 4) is 5.75 Å². The van der Waals surface area contributed by atoms with Gasteiger partial charge in [-0.3, -0.25) is 0 Å². The molecule has 0 aliphatic carbocycles. The van der Waals surface area contributed by atoms with Crippen molar-refractivity contribution >= 4 is 5.69 Å². The highest BCUT2D eigenvalue weighted by atomic mass is 19.1. The summed E-state index contributed by atoms with van der Waals surface area (Å²) in [6.07, 6.45) is 1.49. The fraction of sp³-hybridized carbons (Fsp3) is 0.400. The lowest BCUT2D eigenvalue weighted by atomic mass is 9.87. The molecule has 0 amide bonds. The minimum absolute atomic E-state index is 0.233. The molecule has 2 unspecified atom stereocenters. The topological polar surface area (TPSA) is 39.7 Å². The van der Waals surface area contributed by atoms with Gasteiger partial charge in [-0.2, -0.15) is 0 Å². The van der Waals surface area contributed by atoms with Crippen LogP contribution in [0.25, 0.3) is 0 Å². The van der Waals surface area contributed by atoms with Crippen molar-refractivity contribution in [3.63, 3.8) is 0 Å². The first-order valence-electron chi connectivity index (χ1n) is 12.5. The number of nitrogens with one attached hydrogen (secondary N) is 1. The first-order valence-corrected chi connectivity index (χ1v) is 12.5. The van der Waals surface area contributed by atoms with E-state index in [4.69, 9.17) is 14.2 Å². The normalized spacial score (nSPS) is 18.5. The molecule has 4 nitrogen and oxygen atoms in total. The summed E-state index contributed by atoms with van der Waals surface area (Å²) in [5.74, 6) is 0.576. The van der Waals surface area contributed by atoms with Crippen LogP contribution in [-0.4, -0.2) is 18.3 Å². The molecule has 1 aliphatic rings. The zero-order valence-electron chi connectivity index (χ0n) is 21.1. The first-order chi connectivity index (χ1) is 16.9. The van der Waals surface area contributed by atoms with Crippen molar-refractivity contribution in [2.75, 3.05) is 11.9 Å². The van der Waals surface area contributed by atoms with E-state index in [2.05, 4.69) is 51.2 Å². The molecule has 1 heterocycles. The molecule has 0 fully saturated rings. The lowest BCUT2D eigenvalue weighted by molar-refractivity contribution is -0.167. The number of rotatable bonds is 10. The number of fused-ring (bicyclic) bond motifs is 1. The largest absolute Gasteiger partial charge is 0.485 e. The fourth-order valence-corrected chi connectivity index (χ4v) is 4.47. The van der Waals surface area contributed by atoms with Gasteiger partial charge in [-0.05, 0) is 74.2 Å². The van der Waals surface area contributed by atoms with E-state index in [1.165, 1.54) is 11.6 Å². The Balaban J connectivity index is 1.58. The smallest absolute Gasteiger partial charge is 0.132 e. The van der Waals surface area contributed by atoms with E-state index in [-0.39, 0.29) is 18.0 Å². The third-order valence-corrected chi connectivity index (χ3v) is 6.51. The second-order valence-corrected chi connectivity index (χ2v) is 9.74. The Hall–Kier alpha value is -2.89. The molecule has 0 saturated carbocycles. The van der Waals surface area contributed by atoms with Gasteiger partial charge in [0.05, 0.1) is 6.61 Å². The van der Waals surface area contributed by atoms with Crippen LogP contribution in [-0.2, 0) is 22.6 Å². The molecule has 1 aliphatic heterocycles. The number of anilines is 1. The van der Waals surface area contributed by atoms with E-state index >= 15 is 0 Å². The van der Waals surface area contributed by atoms with Crippen molar-refractivity contribution < 1.29 is 18.6 Å². The average molecular weight is 478 g/mol. The van der Waals surface area contributed by atoms with Crippen LogP contribution >= 0.6 is 0 Å². The van der Waals surface area contributed by atoms with E-state index in [0.717, 1.165) is 41.0 Å². The molecule has 35 heavy (non-hydrogen) atoms. The van der Waals surface area contributed by atoms with Gasteiger partial charge in [0.2, 0.25) is 0 Å². The minimum Gasteiger partial charge on any atom is -0.485 e. The van der Waals surface area contributed by atoms with E-state index < -0.39 is 5.60 Å². The molecule has 0 radical (unpaired) electrons. The molecule has 0 bridgehead atoms. The molecule has 3 aromatic rings. The van der Waals surface area contributed by atoms with E-state index in [0.29, 0.717) is 19.8 Å². The van der Waals surface area contributed by atoms with Crippen molar-refractivity contribution in [2.24, 2.45) is 0 Å². The van der Waals surface area contributed by atoms with Gasteiger partial charge in [-0.25, -0.2) is 4.39 Å². The fourth-order valence-electron chi connectivity index (χ4n) is 4.47. The summed E-state index contributed by atoms with van der Waals surface area (Å²) in [5, 5.41) is 3.41. The summed E-state index contributed by atoms with van der Waals surface area (Å²) < 4.78 is 33.0.